The molecule has 8 heteroatoms. The number of likely N-dealkylation sites (tertiary alicyclic amines) is 1. The number of carbonyl (C=O) groups is 2. The van der Waals surface area contributed by atoms with Gasteiger partial charge in [0.15, 0.2) is 0 Å². The summed E-state index contributed by atoms with van der Waals surface area (Å²) in [5.74, 6) is -0.977. The molecule has 1 N–H and O–H groups in total. The van der Waals surface area contributed by atoms with Crippen LogP contribution in [0.25, 0.3) is 11.1 Å². The largest absolute Gasteiger partial charge is 0.467 e. The third kappa shape index (κ3) is 5.32. The highest BCUT2D eigenvalue weighted by Crippen LogP contribution is 2.29. The number of hydrogen-bond acceptors (Lipinski definition) is 5. The molecule has 0 spiro atoms. The van der Waals surface area contributed by atoms with Crippen LogP contribution in [0, 0.1) is 0 Å². The van der Waals surface area contributed by atoms with Crippen LogP contribution >= 0.6 is 0 Å². The van der Waals surface area contributed by atoms with Gasteiger partial charge in [0.05, 0.1) is 19.4 Å². The Labute approximate surface area is 183 Å². The van der Waals surface area contributed by atoms with Gasteiger partial charge in [-0.1, -0.05) is 55.8 Å². The smallest absolute Gasteiger partial charge is 0.330 e. The first-order valence-corrected chi connectivity index (χ1v) is 12.2. The van der Waals surface area contributed by atoms with E-state index in [9.17, 15) is 18.0 Å². The molecule has 0 saturated carbocycles. The third-order valence-corrected chi connectivity index (χ3v) is 6.16. The maximum absolute atomic E-state index is 13.5. The minimum Gasteiger partial charge on any atom is -0.467 e. The van der Waals surface area contributed by atoms with E-state index in [0.717, 1.165) is 30.2 Å². The normalized spacial score (nSPS) is 18.7. The number of carbonyl (C=O) groups excluding carboxylic acids is 2. The zero-order valence-electron chi connectivity index (χ0n) is 18.0. The average Bonchev–Trinajstić information content (AvgIpc) is 3.15. The highest BCUT2D eigenvalue weighted by atomic mass is 32.2. The summed E-state index contributed by atoms with van der Waals surface area (Å²) in [5.41, 5.74) is 3.36. The lowest BCUT2D eigenvalue weighted by Crippen LogP contribution is -2.51. The highest BCUT2D eigenvalue weighted by Gasteiger charge is 2.44. The minimum atomic E-state index is -3.55. The molecule has 3 rings (SSSR count). The lowest BCUT2D eigenvalue weighted by atomic mass is 9.97. The van der Waals surface area contributed by atoms with Gasteiger partial charge >= 0.3 is 5.97 Å². The number of nitrogens with one attached hydrogen (secondary N) is 1. The number of rotatable bonds is 7. The molecule has 0 aromatic heterocycles. The number of ether oxygens (including phenoxy) is 1. The number of aryl methyl sites for hydroxylation is 1. The molecule has 2 aromatic carbocycles. The summed E-state index contributed by atoms with van der Waals surface area (Å²) in [7, 11) is -2.32. The van der Waals surface area contributed by atoms with E-state index in [0.29, 0.717) is 12.0 Å². The zero-order chi connectivity index (χ0) is 22.6. The fraction of sp³-hybridized carbons (Fsp3) is 0.391. The molecule has 1 aliphatic heterocycles. The Balaban J connectivity index is 1.94. The van der Waals surface area contributed by atoms with Gasteiger partial charge in [0.1, 0.15) is 6.04 Å². The van der Waals surface area contributed by atoms with Gasteiger partial charge in [0.25, 0.3) is 5.91 Å². The van der Waals surface area contributed by atoms with Gasteiger partial charge in [0.2, 0.25) is 10.0 Å². The Kier molecular flexibility index (Phi) is 7.12. The molecule has 2 aromatic rings. The Morgan fingerprint density at radius 1 is 1.13 bits per heavy atom. The van der Waals surface area contributed by atoms with Crippen molar-refractivity contribution < 1.29 is 22.7 Å². The number of sulfonamides is 1. The number of hydrogen-bond donors (Lipinski definition) is 1. The summed E-state index contributed by atoms with van der Waals surface area (Å²) in [6.45, 7) is 2.37. The molecule has 2 atom stereocenters. The van der Waals surface area contributed by atoms with Gasteiger partial charge in [-0.25, -0.2) is 17.9 Å². The van der Waals surface area contributed by atoms with E-state index >= 15 is 0 Å². The predicted octanol–water partition coefficient (Wildman–Crippen LogP) is 2.61. The van der Waals surface area contributed by atoms with Gasteiger partial charge in [-0.05, 0) is 35.6 Å². The van der Waals surface area contributed by atoms with Gasteiger partial charge in [-0.15, -0.1) is 0 Å². The van der Waals surface area contributed by atoms with Crippen molar-refractivity contribution in [3.05, 3.63) is 59.7 Å². The molecule has 166 valence electrons. The number of amides is 1. The van der Waals surface area contributed by atoms with Gasteiger partial charge in [-0.2, -0.15) is 0 Å². The molecular formula is C23H28N2O5S. The summed E-state index contributed by atoms with van der Waals surface area (Å²) in [4.78, 5) is 27.4. The number of nitrogens with zero attached hydrogens (tertiary/aromatic N) is 1. The van der Waals surface area contributed by atoms with Crippen molar-refractivity contribution >= 4 is 21.9 Å². The first kappa shape index (κ1) is 23.0. The molecule has 0 aliphatic carbocycles. The topological polar surface area (TPSA) is 92.8 Å². The Hall–Kier alpha value is -2.71. The van der Waals surface area contributed by atoms with Gasteiger partial charge in [0, 0.05) is 12.1 Å². The number of methoxy groups -OCH3 is 1. The van der Waals surface area contributed by atoms with Crippen LogP contribution in [0.15, 0.2) is 48.5 Å². The van der Waals surface area contributed by atoms with Crippen molar-refractivity contribution in [2.24, 2.45) is 0 Å². The molecule has 1 heterocycles. The lowest BCUT2D eigenvalue weighted by molar-refractivity contribution is -0.145. The Morgan fingerprint density at radius 3 is 2.42 bits per heavy atom. The summed E-state index contributed by atoms with van der Waals surface area (Å²) in [6, 6.07) is 13.6. The van der Waals surface area contributed by atoms with Gasteiger partial charge in [-0.3, -0.25) is 4.79 Å². The Bertz CT molecular complexity index is 1050. The van der Waals surface area contributed by atoms with Crippen LogP contribution in [0.5, 0.6) is 0 Å². The predicted molar refractivity (Wildman–Crippen MR) is 119 cm³/mol. The first-order valence-electron chi connectivity index (χ1n) is 10.3. The standard InChI is InChI=1S/C23H28N2O5S/c1-4-7-16-10-12-17(13-11-16)18-8-5-6-9-19(18)22(26)25-15-14-20(24-31(3,28)29)21(25)23(27)30-2/h5-6,8-13,20-21,24H,4,7,14-15H2,1-3H3/t20-,21-/m0/s1. The van der Waals surface area contributed by atoms with Crippen molar-refractivity contribution in [3.63, 3.8) is 0 Å². The second-order valence-corrected chi connectivity index (χ2v) is 9.52. The van der Waals surface area contributed by atoms with Crippen LogP contribution in [-0.2, 0) is 26.0 Å². The van der Waals surface area contributed by atoms with E-state index in [-0.39, 0.29) is 12.5 Å². The minimum absolute atomic E-state index is 0.246. The van der Waals surface area contributed by atoms with E-state index in [1.54, 1.807) is 12.1 Å². The van der Waals surface area contributed by atoms with E-state index in [1.165, 1.54) is 17.6 Å². The quantitative estimate of drug-likeness (QED) is 0.663. The molecule has 1 fully saturated rings. The summed E-state index contributed by atoms with van der Waals surface area (Å²) >= 11 is 0. The molecule has 0 radical (unpaired) electrons. The van der Waals surface area contributed by atoms with Crippen LogP contribution in [0.4, 0.5) is 0 Å². The van der Waals surface area contributed by atoms with Crippen molar-refractivity contribution in [3.8, 4) is 11.1 Å². The molecule has 0 bridgehead atoms. The summed E-state index contributed by atoms with van der Waals surface area (Å²) in [5, 5.41) is 0. The van der Waals surface area contributed by atoms with E-state index < -0.39 is 28.1 Å². The SMILES string of the molecule is CCCc1ccc(-c2ccccc2C(=O)N2CC[C@H](NS(C)(=O)=O)[C@H]2C(=O)OC)cc1. The van der Waals surface area contributed by atoms with Crippen molar-refractivity contribution in [2.45, 2.75) is 38.3 Å². The van der Waals surface area contributed by atoms with Gasteiger partial charge < -0.3 is 9.64 Å². The number of esters is 1. The van der Waals surface area contributed by atoms with Crippen molar-refractivity contribution in [2.75, 3.05) is 19.9 Å². The molecule has 1 saturated heterocycles. The fourth-order valence-corrected chi connectivity index (χ4v) is 4.84. The third-order valence-electron chi connectivity index (χ3n) is 5.43. The van der Waals surface area contributed by atoms with Crippen LogP contribution in [-0.4, -0.2) is 57.2 Å². The maximum Gasteiger partial charge on any atom is 0.330 e. The first-order chi connectivity index (χ1) is 14.7. The van der Waals surface area contributed by atoms with E-state index in [4.69, 9.17) is 4.74 Å². The molecule has 7 nitrogen and oxygen atoms in total. The molecule has 1 aliphatic rings. The Morgan fingerprint density at radius 2 is 1.81 bits per heavy atom. The monoisotopic (exact) mass is 444 g/mol. The summed E-state index contributed by atoms with van der Waals surface area (Å²) < 4.78 is 30.8. The van der Waals surface area contributed by atoms with Crippen LogP contribution in [0.3, 0.4) is 0 Å². The van der Waals surface area contributed by atoms with Crippen LogP contribution in [0.1, 0.15) is 35.7 Å². The van der Waals surface area contributed by atoms with E-state index in [2.05, 4.69) is 23.8 Å². The molecule has 31 heavy (non-hydrogen) atoms. The fourth-order valence-electron chi connectivity index (χ4n) is 4.05. The summed E-state index contributed by atoms with van der Waals surface area (Å²) in [6.07, 6.45) is 3.40. The van der Waals surface area contributed by atoms with E-state index in [1.807, 2.05) is 24.3 Å². The van der Waals surface area contributed by atoms with Crippen molar-refractivity contribution in [1.29, 1.82) is 0 Å². The lowest BCUT2D eigenvalue weighted by Gasteiger charge is -2.27. The van der Waals surface area contributed by atoms with Crippen LogP contribution < -0.4 is 4.72 Å². The van der Waals surface area contributed by atoms with Crippen molar-refractivity contribution in [1.82, 2.24) is 9.62 Å². The second-order valence-electron chi connectivity index (χ2n) is 7.74. The molecule has 1 amide bonds. The van der Waals surface area contributed by atoms with Crippen LogP contribution in [0.2, 0.25) is 0 Å². The second kappa shape index (κ2) is 9.62. The maximum atomic E-state index is 13.5. The molecule has 0 unspecified atom stereocenters. The molecular weight excluding hydrogens is 416 g/mol. The highest BCUT2D eigenvalue weighted by molar-refractivity contribution is 7.88. The zero-order valence-corrected chi connectivity index (χ0v) is 18.8. The number of benzene rings is 2. The average molecular weight is 445 g/mol.